The lowest BCUT2D eigenvalue weighted by atomic mass is 10.2. The molecule has 0 heterocycles. The van der Waals surface area contributed by atoms with Crippen molar-refractivity contribution in [1.82, 2.24) is 0 Å². The molecule has 0 aliphatic heterocycles. The average Bonchev–Trinajstić information content (AvgIpc) is 2.47. The molecule has 0 saturated carbocycles. The molecule has 0 aliphatic carbocycles. The highest BCUT2D eigenvalue weighted by molar-refractivity contribution is 14.1. The molecular weight excluding hydrogens is 495 g/mol. The van der Waals surface area contributed by atoms with Gasteiger partial charge >= 0.3 is 5.97 Å². The molecule has 0 bridgehead atoms. The fraction of sp³-hybridized carbons (Fsp3) is 0.133. The van der Waals surface area contributed by atoms with Gasteiger partial charge in [-0.25, -0.2) is 0 Å². The summed E-state index contributed by atoms with van der Waals surface area (Å²) in [5.74, 6) is -0.920. The Morgan fingerprint density at radius 1 is 1.00 bits per heavy atom. The van der Waals surface area contributed by atoms with Crippen molar-refractivity contribution in [3.8, 4) is 0 Å². The molecule has 8 heteroatoms. The summed E-state index contributed by atoms with van der Waals surface area (Å²) in [5, 5.41) is 13.5. The number of hydrogen-bond acceptors (Lipinski definition) is 2. The van der Waals surface area contributed by atoms with Crippen LogP contribution in [-0.2, 0) is 4.79 Å². The van der Waals surface area contributed by atoms with Crippen LogP contribution in [0.5, 0.6) is 0 Å². The average molecular weight is 507 g/mol. The molecule has 0 saturated heterocycles. The third kappa shape index (κ3) is 7.35. The second kappa shape index (κ2) is 9.79. The standard InChI is InChI=1S/C9H9Cl2NO2.C6H3Cl2I/c1-5(9(13)14)12-6-2-3-7(10)8(11)4-6;7-5-2-1-4(9)3-6(5)8/h2-5,12H,1H3,(H,13,14);1-3H. The third-order valence-electron chi connectivity index (χ3n) is 2.55. The Balaban J connectivity index is 0.000000253. The Bertz CT molecular complexity index is 697. The Morgan fingerprint density at radius 2 is 1.52 bits per heavy atom. The molecule has 0 aromatic heterocycles. The topological polar surface area (TPSA) is 49.3 Å². The highest BCUT2D eigenvalue weighted by Gasteiger charge is 2.10. The van der Waals surface area contributed by atoms with E-state index in [1.165, 1.54) is 0 Å². The molecule has 0 fully saturated rings. The molecule has 2 rings (SSSR count). The van der Waals surface area contributed by atoms with Gasteiger partial charge in [0.05, 0.1) is 20.1 Å². The van der Waals surface area contributed by atoms with Crippen LogP contribution < -0.4 is 5.32 Å². The summed E-state index contributed by atoms with van der Waals surface area (Å²) in [7, 11) is 0. The van der Waals surface area contributed by atoms with E-state index in [0.29, 0.717) is 25.8 Å². The molecule has 0 aliphatic rings. The van der Waals surface area contributed by atoms with E-state index < -0.39 is 12.0 Å². The number of benzene rings is 2. The molecule has 1 atom stereocenters. The van der Waals surface area contributed by atoms with Crippen LogP contribution in [0.25, 0.3) is 0 Å². The van der Waals surface area contributed by atoms with E-state index in [1.54, 1.807) is 31.2 Å². The number of hydrogen-bond donors (Lipinski definition) is 2. The van der Waals surface area contributed by atoms with Crippen molar-refractivity contribution in [3.63, 3.8) is 0 Å². The van der Waals surface area contributed by atoms with E-state index in [2.05, 4.69) is 27.9 Å². The number of anilines is 1. The van der Waals surface area contributed by atoms with Crippen molar-refractivity contribution < 1.29 is 9.90 Å². The number of nitrogens with one attached hydrogen (secondary N) is 1. The first-order chi connectivity index (χ1) is 10.7. The van der Waals surface area contributed by atoms with Gasteiger partial charge in [-0.15, -0.1) is 0 Å². The maximum atomic E-state index is 10.5. The summed E-state index contributed by atoms with van der Waals surface area (Å²) in [6, 6.07) is 9.73. The maximum Gasteiger partial charge on any atom is 0.325 e. The van der Waals surface area contributed by atoms with Crippen molar-refractivity contribution in [3.05, 3.63) is 60.1 Å². The van der Waals surface area contributed by atoms with Gasteiger partial charge in [0.25, 0.3) is 0 Å². The van der Waals surface area contributed by atoms with Gasteiger partial charge in [0.1, 0.15) is 6.04 Å². The minimum Gasteiger partial charge on any atom is -0.480 e. The smallest absolute Gasteiger partial charge is 0.325 e. The summed E-state index contributed by atoms with van der Waals surface area (Å²) in [4.78, 5) is 10.5. The van der Waals surface area contributed by atoms with Crippen LogP contribution >= 0.6 is 69.0 Å². The lowest BCUT2D eigenvalue weighted by Crippen LogP contribution is -2.25. The molecule has 23 heavy (non-hydrogen) atoms. The minimum absolute atomic E-state index is 0.397. The normalized spacial score (nSPS) is 11.2. The van der Waals surface area contributed by atoms with Crippen LogP contribution in [0.4, 0.5) is 5.69 Å². The molecule has 2 aromatic rings. The SMILES string of the molecule is CC(Nc1ccc(Cl)c(Cl)c1)C(=O)O.Clc1ccc(I)cc1Cl. The van der Waals surface area contributed by atoms with Crippen molar-refractivity contribution in [2.24, 2.45) is 0 Å². The second-order valence-corrected chi connectivity index (χ2v) is 7.27. The van der Waals surface area contributed by atoms with Crippen LogP contribution in [-0.4, -0.2) is 17.1 Å². The van der Waals surface area contributed by atoms with E-state index in [-0.39, 0.29) is 0 Å². The Morgan fingerprint density at radius 3 is 1.96 bits per heavy atom. The molecule has 3 nitrogen and oxygen atoms in total. The largest absolute Gasteiger partial charge is 0.480 e. The molecule has 2 N–H and O–H groups in total. The zero-order valence-electron chi connectivity index (χ0n) is 11.8. The van der Waals surface area contributed by atoms with E-state index in [9.17, 15) is 4.79 Å². The Labute approximate surface area is 168 Å². The van der Waals surface area contributed by atoms with Gasteiger partial charge in [-0.2, -0.15) is 0 Å². The first kappa shape index (κ1) is 20.6. The van der Waals surface area contributed by atoms with Gasteiger partial charge in [-0.3, -0.25) is 4.79 Å². The fourth-order valence-corrected chi connectivity index (χ4v) is 2.64. The fourth-order valence-electron chi connectivity index (χ4n) is 1.37. The van der Waals surface area contributed by atoms with Crippen LogP contribution in [0, 0.1) is 3.57 Å². The molecular formula is C15H12Cl4INO2. The summed E-state index contributed by atoms with van der Waals surface area (Å²) in [6.45, 7) is 1.55. The summed E-state index contributed by atoms with van der Waals surface area (Å²) < 4.78 is 1.10. The number of halogens is 5. The molecule has 0 amide bonds. The van der Waals surface area contributed by atoms with Gasteiger partial charge in [0.2, 0.25) is 0 Å². The van der Waals surface area contributed by atoms with Gasteiger partial charge in [-0.05, 0) is 65.9 Å². The van der Waals surface area contributed by atoms with Crippen molar-refractivity contribution in [2.75, 3.05) is 5.32 Å². The highest BCUT2D eigenvalue weighted by atomic mass is 127. The molecule has 124 valence electrons. The number of aliphatic carboxylic acids is 1. The Hall–Kier alpha value is -0.400. The molecule has 1 unspecified atom stereocenters. The van der Waals surface area contributed by atoms with Crippen LogP contribution in [0.2, 0.25) is 20.1 Å². The monoisotopic (exact) mass is 505 g/mol. The lowest BCUT2D eigenvalue weighted by molar-refractivity contribution is -0.137. The Kier molecular flexibility index (Phi) is 8.79. The predicted molar refractivity (Wildman–Crippen MR) is 106 cm³/mol. The first-order valence-corrected chi connectivity index (χ1v) is 8.84. The quantitative estimate of drug-likeness (QED) is 0.370. The third-order valence-corrected chi connectivity index (χ3v) is 4.70. The number of carboxylic acids is 1. The van der Waals surface area contributed by atoms with Gasteiger partial charge in [-0.1, -0.05) is 46.4 Å². The van der Waals surface area contributed by atoms with E-state index in [1.807, 2.05) is 12.1 Å². The second-order valence-electron chi connectivity index (χ2n) is 4.39. The van der Waals surface area contributed by atoms with E-state index >= 15 is 0 Å². The zero-order chi connectivity index (χ0) is 17.6. The van der Waals surface area contributed by atoms with E-state index in [4.69, 9.17) is 51.5 Å². The van der Waals surface area contributed by atoms with Crippen molar-refractivity contribution in [1.29, 1.82) is 0 Å². The van der Waals surface area contributed by atoms with E-state index in [0.717, 1.165) is 3.57 Å². The predicted octanol–water partition coefficient (Wildman–Crippen LogP) is 6.48. The van der Waals surface area contributed by atoms with Crippen LogP contribution in [0.15, 0.2) is 36.4 Å². The van der Waals surface area contributed by atoms with Crippen LogP contribution in [0.3, 0.4) is 0 Å². The minimum atomic E-state index is -0.920. The highest BCUT2D eigenvalue weighted by Crippen LogP contribution is 2.25. The number of rotatable bonds is 3. The molecule has 2 aromatic carbocycles. The van der Waals surface area contributed by atoms with Gasteiger partial charge < -0.3 is 10.4 Å². The number of carbonyl (C=O) groups is 1. The van der Waals surface area contributed by atoms with Crippen molar-refractivity contribution in [2.45, 2.75) is 13.0 Å². The summed E-state index contributed by atoms with van der Waals surface area (Å²) in [5.41, 5.74) is 0.634. The van der Waals surface area contributed by atoms with Crippen LogP contribution in [0.1, 0.15) is 6.92 Å². The summed E-state index contributed by atoms with van der Waals surface area (Å²) in [6.07, 6.45) is 0. The van der Waals surface area contributed by atoms with Crippen molar-refractivity contribution >= 4 is 80.7 Å². The first-order valence-electron chi connectivity index (χ1n) is 6.25. The van der Waals surface area contributed by atoms with Gasteiger partial charge in [0.15, 0.2) is 0 Å². The number of carboxylic acid groups (broad SMARTS) is 1. The zero-order valence-corrected chi connectivity index (χ0v) is 17.0. The van der Waals surface area contributed by atoms with Gasteiger partial charge in [0, 0.05) is 9.26 Å². The summed E-state index contributed by atoms with van der Waals surface area (Å²) >= 11 is 25.0. The molecule has 0 radical (unpaired) electrons. The maximum absolute atomic E-state index is 10.5. The lowest BCUT2D eigenvalue weighted by Gasteiger charge is -2.10. The molecule has 0 spiro atoms.